The Hall–Kier alpha value is -1.40. The maximum absolute atomic E-state index is 11.5. The Morgan fingerprint density at radius 1 is 1.32 bits per heavy atom. The van der Waals surface area contributed by atoms with E-state index in [1.807, 2.05) is 0 Å². The molecule has 0 atom stereocenters. The Balaban J connectivity index is 2.17. The number of hydrogen-bond acceptors (Lipinski definition) is 4. The van der Waals surface area contributed by atoms with Crippen molar-refractivity contribution in [3.05, 3.63) is 24.0 Å². The van der Waals surface area contributed by atoms with Gasteiger partial charge in [0.1, 0.15) is 5.82 Å². The molecule has 0 saturated heterocycles. The summed E-state index contributed by atoms with van der Waals surface area (Å²) in [7, 11) is -3.18. The number of nitrogens with zero attached hydrogens (tertiary/aromatic N) is 1. The van der Waals surface area contributed by atoms with E-state index in [0.29, 0.717) is 17.9 Å². The monoisotopic (exact) mass is 282 g/mol. The fourth-order valence-corrected chi connectivity index (χ4v) is 2.45. The topological polar surface area (TPSA) is 72.0 Å². The molecule has 0 spiro atoms. The van der Waals surface area contributed by atoms with Gasteiger partial charge in [0.25, 0.3) is 0 Å². The smallest absolute Gasteiger partial charge is 0.175 e. The number of rotatable bonds is 6. The molecule has 1 heterocycles. The molecule has 6 heteroatoms. The molecular formula is C13H18N2O3S. The van der Waals surface area contributed by atoms with Crippen molar-refractivity contribution < 1.29 is 13.2 Å². The first kappa shape index (κ1) is 14.0. The molecule has 104 valence electrons. The van der Waals surface area contributed by atoms with Gasteiger partial charge in [0.2, 0.25) is 0 Å². The molecule has 0 aliphatic heterocycles. The standard InChI is InChI=1S/C13H18N2O3S/c1-3-7-18-8-6-13-14-11-5-4-10(19(2,16)17)9-12(11)15-13/h4-5,9H,3,6-8H2,1-2H3,(H,14,15). The molecular weight excluding hydrogens is 264 g/mol. The van der Waals surface area contributed by atoms with Crippen molar-refractivity contribution in [3.8, 4) is 0 Å². The van der Waals surface area contributed by atoms with Crippen LogP contribution in [0.5, 0.6) is 0 Å². The van der Waals surface area contributed by atoms with Crippen molar-refractivity contribution in [2.24, 2.45) is 0 Å². The first-order valence-corrected chi connectivity index (χ1v) is 8.16. The number of nitrogens with one attached hydrogen (secondary N) is 1. The molecule has 0 aliphatic rings. The lowest BCUT2D eigenvalue weighted by Crippen LogP contribution is -2.00. The average molecular weight is 282 g/mol. The average Bonchev–Trinajstić information content (AvgIpc) is 2.75. The number of aromatic amines is 1. The van der Waals surface area contributed by atoms with Crippen molar-refractivity contribution in [3.63, 3.8) is 0 Å². The van der Waals surface area contributed by atoms with Gasteiger partial charge in [-0.15, -0.1) is 0 Å². The van der Waals surface area contributed by atoms with Gasteiger partial charge in [-0.1, -0.05) is 6.92 Å². The van der Waals surface area contributed by atoms with Crippen LogP contribution in [-0.4, -0.2) is 37.9 Å². The van der Waals surface area contributed by atoms with E-state index in [2.05, 4.69) is 16.9 Å². The molecule has 0 saturated carbocycles. The molecule has 1 aromatic heterocycles. The summed E-state index contributed by atoms with van der Waals surface area (Å²) in [4.78, 5) is 7.84. The molecule has 1 N–H and O–H groups in total. The number of benzene rings is 1. The van der Waals surface area contributed by atoms with Gasteiger partial charge in [-0.05, 0) is 24.6 Å². The third-order valence-corrected chi connectivity index (χ3v) is 3.87. The Kier molecular flexibility index (Phi) is 4.21. The van der Waals surface area contributed by atoms with Gasteiger partial charge in [0.15, 0.2) is 9.84 Å². The van der Waals surface area contributed by atoms with Crippen LogP contribution in [0.2, 0.25) is 0 Å². The number of sulfone groups is 1. The molecule has 2 aromatic rings. The number of fused-ring (bicyclic) bond motifs is 1. The summed E-state index contributed by atoms with van der Waals surface area (Å²) in [6.45, 7) is 3.43. The highest BCUT2D eigenvalue weighted by molar-refractivity contribution is 7.90. The number of imidazole rings is 1. The Labute approximate surface area is 112 Å². The fourth-order valence-electron chi connectivity index (χ4n) is 1.81. The zero-order valence-electron chi connectivity index (χ0n) is 11.1. The quantitative estimate of drug-likeness (QED) is 0.822. The van der Waals surface area contributed by atoms with Crippen molar-refractivity contribution in [2.75, 3.05) is 19.5 Å². The van der Waals surface area contributed by atoms with Crippen LogP contribution < -0.4 is 0 Å². The molecule has 0 aliphatic carbocycles. The highest BCUT2D eigenvalue weighted by atomic mass is 32.2. The van der Waals surface area contributed by atoms with E-state index in [-0.39, 0.29) is 0 Å². The Morgan fingerprint density at radius 3 is 2.79 bits per heavy atom. The highest BCUT2D eigenvalue weighted by Gasteiger charge is 2.10. The van der Waals surface area contributed by atoms with Crippen LogP contribution in [0.1, 0.15) is 19.2 Å². The van der Waals surface area contributed by atoms with Gasteiger partial charge < -0.3 is 9.72 Å². The molecule has 2 rings (SSSR count). The summed E-state index contributed by atoms with van der Waals surface area (Å²) in [5, 5.41) is 0. The molecule has 19 heavy (non-hydrogen) atoms. The van der Waals surface area contributed by atoms with E-state index < -0.39 is 9.84 Å². The van der Waals surface area contributed by atoms with Crippen molar-refractivity contribution in [1.82, 2.24) is 9.97 Å². The first-order valence-electron chi connectivity index (χ1n) is 6.27. The predicted molar refractivity (Wildman–Crippen MR) is 74.0 cm³/mol. The lowest BCUT2D eigenvalue weighted by molar-refractivity contribution is 0.137. The lowest BCUT2D eigenvalue weighted by Gasteiger charge is -1.99. The Morgan fingerprint density at radius 2 is 2.11 bits per heavy atom. The van der Waals surface area contributed by atoms with E-state index >= 15 is 0 Å². The van der Waals surface area contributed by atoms with Crippen LogP contribution in [0.25, 0.3) is 11.0 Å². The third-order valence-electron chi connectivity index (χ3n) is 2.76. The molecule has 5 nitrogen and oxygen atoms in total. The lowest BCUT2D eigenvalue weighted by atomic mass is 10.3. The van der Waals surface area contributed by atoms with Crippen molar-refractivity contribution in [2.45, 2.75) is 24.7 Å². The largest absolute Gasteiger partial charge is 0.381 e. The van der Waals surface area contributed by atoms with E-state index in [9.17, 15) is 8.42 Å². The van der Waals surface area contributed by atoms with Crippen molar-refractivity contribution in [1.29, 1.82) is 0 Å². The van der Waals surface area contributed by atoms with Crippen LogP contribution in [0.4, 0.5) is 0 Å². The predicted octanol–water partition coefficient (Wildman–Crippen LogP) is 1.94. The maximum atomic E-state index is 11.5. The van der Waals surface area contributed by atoms with Gasteiger partial charge in [-0.3, -0.25) is 0 Å². The van der Waals surface area contributed by atoms with Crippen LogP contribution in [0.3, 0.4) is 0 Å². The van der Waals surface area contributed by atoms with Crippen LogP contribution in [0.15, 0.2) is 23.1 Å². The number of aromatic nitrogens is 2. The second kappa shape index (κ2) is 5.71. The third kappa shape index (κ3) is 3.54. The highest BCUT2D eigenvalue weighted by Crippen LogP contribution is 2.17. The zero-order valence-corrected chi connectivity index (χ0v) is 12.0. The van der Waals surface area contributed by atoms with Crippen LogP contribution >= 0.6 is 0 Å². The van der Waals surface area contributed by atoms with Crippen molar-refractivity contribution >= 4 is 20.9 Å². The summed E-state index contributed by atoms with van der Waals surface area (Å²) in [5.41, 5.74) is 1.52. The van der Waals surface area contributed by atoms with Gasteiger partial charge in [-0.25, -0.2) is 13.4 Å². The summed E-state index contributed by atoms with van der Waals surface area (Å²) in [5.74, 6) is 0.816. The first-order chi connectivity index (χ1) is 9.00. The zero-order chi connectivity index (χ0) is 13.9. The van der Waals surface area contributed by atoms with E-state index in [1.165, 1.54) is 6.26 Å². The minimum atomic E-state index is -3.18. The number of hydrogen-bond donors (Lipinski definition) is 1. The van der Waals surface area contributed by atoms with Crippen LogP contribution in [0, 0.1) is 0 Å². The van der Waals surface area contributed by atoms with Crippen LogP contribution in [-0.2, 0) is 21.0 Å². The molecule has 0 bridgehead atoms. The van der Waals surface area contributed by atoms with Gasteiger partial charge in [0.05, 0.1) is 22.5 Å². The van der Waals surface area contributed by atoms with Gasteiger partial charge >= 0.3 is 0 Å². The second-order valence-electron chi connectivity index (χ2n) is 4.50. The van der Waals surface area contributed by atoms with E-state index in [4.69, 9.17) is 4.74 Å². The maximum Gasteiger partial charge on any atom is 0.175 e. The number of H-pyrrole nitrogens is 1. The minimum absolute atomic E-state index is 0.303. The Bertz CT molecular complexity index is 662. The summed E-state index contributed by atoms with van der Waals surface area (Å²) in [6, 6.07) is 4.92. The molecule has 0 unspecified atom stereocenters. The summed E-state index contributed by atoms with van der Waals surface area (Å²) in [6.07, 6.45) is 2.89. The van der Waals surface area contributed by atoms with Gasteiger partial charge in [0, 0.05) is 19.3 Å². The number of ether oxygens (including phenoxy) is 1. The van der Waals surface area contributed by atoms with E-state index in [1.54, 1.807) is 18.2 Å². The molecule has 1 aromatic carbocycles. The van der Waals surface area contributed by atoms with E-state index in [0.717, 1.165) is 29.9 Å². The minimum Gasteiger partial charge on any atom is -0.381 e. The SMILES string of the molecule is CCCOCCc1nc2ccc(S(C)(=O)=O)cc2[nH]1. The summed E-state index contributed by atoms with van der Waals surface area (Å²) >= 11 is 0. The molecule has 0 fully saturated rings. The van der Waals surface area contributed by atoms with Gasteiger partial charge in [-0.2, -0.15) is 0 Å². The fraction of sp³-hybridized carbons (Fsp3) is 0.462. The molecule has 0 radical (unpaired) electrons. The second-order valence-corrected chi connectivity index (χ2v) is 6.51. The summed E-state index contributed by atoms with van der Waals surface area (Å²) < 4.78 is 28.4. The normalized spacial score (nSPS) is 12.1. The molecule has 0 amide bonds.